The Morgan fingerprint density at radius 3 is 2.25 bits per heavy atom. The number of benzene rings is 1. The van der Waals surface area contributed by atoms with Gasteiger partial charge in [-0.2, -0.15) is 0 Å². The summed E-state index contributed by atoms with van der Waals surface area (Å²) < 4.78 is 0. The summed E-state index contributed by atoms with van der Waals surface area (Å²) >= 11 is 5.52. The summed E-state index contributed by atoms with van der Waals surface area (Å²) in [6.45, 7) is 0. The fourth-order valence-corrected chi connectivity index (χ4v) is 0.597. The lowest BCUT2D eigenvalue weighted by atomic mass is 10.3. The van der Waals surface area contributed by atoms with E-state index in [1.165, 1.54) is 0 Å². The Labute approximate surface area is 53.1 Å². The Hall–Kier alpha value is -0.690. The second kappa shape index (κ2) is 2.05. The van der Waals surface area contributed by atoms with Gasteiger partial charge in [-0.05, 0) is 6.07 Å². The largest absolute Gasteiger partial charge is 0.698 e. The van der Waals surface area contributed by atoms with Crippen LogP contribution in [0.5, 0.6) is 0 Å². The summed E-state index contributed by atoms with van der Waals surface area (Å²) in [5, 5.41) is 0.507. The van der Waals surface area contributed by atoms with Crippen molar-refractivity contribution < 1.29 is 0 Å². The van der Waals surface area contributed by atoms with Crippen molar-refractivity contribution in [3.8, 4) is 0 Å². The molecule has 1 nitrogen and oxygen atoms in total. The molecule has 2 heteroatoms. The van der Waals surface area contributed by atoms with Crippen molar-refractivity contribution in [2.24, 2.45) is 0 Å². The highest BCUT2D eigenvalue weighted by Crippen LogP contribution is 2.21. The van der Waals surface area contributed by atoms with Crippen molar-refractivity contribution in [1.29, 1.82) is 0 Å². The zero-order valence-electron chi connectivity index (χ0n) is 4.19. The molecule has 0 amide bonds. The number of hydrogen-bond acceptors (Lipinski definition) is 0. The van der Waals surface area contributed by atoms with E-state index < -0.39 is 0 Å². The molecule has 0 heterocycles. The molecule has 0 saturated carbocycles. The highest BCUT2D eigenvalue weighted by molar-refractivity contribution is 6.33. The minimum absolute atomic E-state index is 0.383. The Bertz CT molecular complexity index is 165. The van der Waals surface area contributed by atoms with Gasteiger partial charge in [-0.15, -0.1) is 5.69 Å². The van der Waals surface area contributed by atoms with Gasteiger partial charge < -0.3 is 5.73 Å². The van der Waals surface area contributed by atoms with Gasteiger partial charge in [0.05, 0.1) is 0 Å². The van der Waals surface area contributed by atoms with Crippen molar-refractivity contribution in [2.45, 2.75) is 0 Å². The SMILES string of the molecule is [NH-]c1ccccc1Cl. The molecule has 42 valence electrons. The van der Waals surface area contributed by atoms with E-state index >= 15 is 0 Å². The molecular formula is C6H5ClN-. The second-order valence-corrected chi connectivity index (χ2v) is 1.89. The molecule has 0 fully saturated rings. The zero-order chi connectivity index (χ0) is 5.98. The Morgan fingerprint density at radius 1 is 1.25 bits per heavy atom. The third-order valence-electron chi connectivity index (χ3n) is 0.874. The summed E-state index contributed by atoms with van der Waals surface area (Å²) in [4.78, 5) is 0. The van der Waals surface area contributed by atoms with Gasteiger partial charge in [-0.1, -0.05) is 29.8 Å². The first-order valence-electron chi connectivity index (χ1n) is 2.27. The van der Waals surface area contributed by atoms with Gasteiger partial charge in [-0.3, -0.25) is 0 Å². The molecule has 0 spiro atoms. The summed E-state index contributed by atoms with van der Waals surface area (Å²) in [5.41, 5.74) is 7.47. The van der Waals surface area contributed by atoms with Crippen molar-refractivity contribution >= 4 is 17.3 Å². The van der Waals surface area contributed by atoms with Crippen molar-refractivity contribution in [1.82, 2.24) is 0 Å². The molecule has 1 aromatic rings. The van der Waals surface area contributed by atoms with Crippen LogP contribution in [-0.2, 0) is 0 Å². The lowest BCUT2D eigenvalue weighted by molar-refractivity contribution is 1.73. The quantitative estimate of drug-likeness (QED) is 0.510. The summed E-state index contributed by atoms with van der Waals surface area (Å²) in [7, 11) is 0. The van der Waals surface area contributed by atoms with E-state index in [-0.39, 0.29) is 0 Å². The second-order valence-electron chi connectivity index (χ2n) is 1.48. The van der Waals surface area contributed by atoms with Gasteiger partial charge in [0.25, 0.3) is 0 Å². The van der Waals surface area contributed by atoms with Crippen LogP contribution in [0.15, 0.2) is 24.3 Å². The topological polar surface area (TPSA) is 23.8 Å². The van der Waals surface area contributed by atoms with Crippen LogP contribution in [0, 0.1) is 0 Å². The molecular weight excluding hydrogens is 122 g/mol. The maximum atomic E-state index is 7.09. The third-order valence-corrected chi connectivity index (χ3v) is 1.20. The molecule has 1 N–H and O–H groups in total. The van der Waals surface area contributed by atoms with Crippen molar-refractivity contribution in [3.05, 3.63) is 35.0 Å². The summed E-state index contributed by atoms with van der Waals surface area (Å²) in [5.74, 6) is 0. The van der Waals surface area contributed by atoms with Crippen LogP contribution in [-0.4, -0.2) is 0 Å². The lowest BCUT2D eigenvalue weighted by Crippen LogP contribution is -1.59. The third kappa shape index (κ3) is 0.928. The first kappa shape index (κ1) is 5.45. The highest BCUT2D eigenvalue weighted by Gasteiger charge is 1.80. The van der Waals surface area contributed by atoms with Crippen molar-refractivity contribution in [2.75, 3.05) is 0 Å². The average molecular weight is 127 g/mol. The summed E-state index contributed by atoms with van der Waals surface area (Å²) in [6, 6.07) is 6.95. The first-order chi connectivity index (χ1) is 3.80. The Morgan fingerprint density at radius 2 is 1.88 bits per heavy atom. The Kier molecular flexibility index (Phi) is 1.40. The maximum absolute atomic E-state index is 7.09. The van der Waals surface area contributed by atoms with Crippen LogP contribution in [0.2, 0.25) is 5.02 Å². The van der Waals surface area contributed by atoms with Crippen LogP contribution in [0.1, 0.15) is 0 Å². The van der Waals surface area contributed by atoms with Gasteiger partial charge in [0, 0.05) is 5.02 Å². The van der Waals surface area contributed by atoms with Crippen LogP contribution >= 0.6 is 11.6 Å². The van der Waals surface area contributed by atoms with E-state index in [0.717, 1.165) is 0 Å². The minimum Gasteiger partial charge on any atom is -0.698 e. The fraction of sp³-hybridized carbons (Fsp3) is 0. The molecule has 0 aliphatic carbocycles. The highest BCUT2D eigenvalue weighted by atomic mass is 35.5. The van der Waals surface area contributed by atoms with Crippen LogP contribution in [0.25, 0.3) is 5.73 Å². The smallest absolute Gasteiger partial charge is 0.0255 e. The van der Waals surface area contributed by atoms with Crippen LogP contribution < -0.4 is 0 Å². The van der Waals surface area contributed by atoms with E-state index in [1.807, 2.05) is 0 Å². The lowest BCUT2D eigenvalue weighted by Gasteiger charge is -2.01. The molecule has 1 rings (SSSR count). The molecule has 0 aliphatic heterocycles. The zero-order valence-corrected chi connectivity index (χ0v) is 4.94. The molecule has 0 saturated heterocycles. The fourth-order valence-electron chi connectivity index (χ4n) is 0.461. The van der Waals surface area contributed by atoms with Crippen LogP contribution in [0.3, 0.4) is 0 Å². The molecule has 1 aromatic carbocycles. The molecule has 0 aromatic heterocycles. The van der Waals surface area contributed by atoms with E-state index in [9.17, 15) is 0 Å². The van der Waals surface area contributed by atoms with E-state index in [1.54, 1.807) is 24.3 Å². The first-order valence-corrected chi connectivity index (χ1v) is 2.64. The molecule has 0 unspecified atom stereocenters. The molecule has 0 radical (unpaired) electrons. The summed E-state index contributed by atoms with van der Waals surface area (Å²) in [6.07, 6.45) is 0. The predicted molar refractivity (Wildman–Crippen MR) is 35.4 cm³/mol. The standard InChI is InChI=1S/C6H5ClN/c7-5-3-1-2-4-6(5)8/h1-4,8H/q-1. The van der Waals surface area contributed by atoms with E-state index in [0.29, 0.717) is 10.7 Å². The number of halogens is 1. The number of hydrogen-bond donors (Lipinski definition) is 0. The van der Waals surface area contributed by atoms with E-state index in [2.05, 4.69) is 0 Å². The number of nitrogens with one attached hydrogen (secondary N) is 1. The predicted octanol–water partition coefficient (Wildman–Crippen LogP) is 3.02. The van der Waals surface area contributed by atoms with Gasteiger partial charge in [0.15, 0.2) is 0 Å². The monoisotopic (exact) mass is 126 g/mol. The van der Waals surface area contributed by atoms with Gasteiger partial charge in [0.2, 0.25) is 0 Å². The molecule has 0 atom stereocenters. The average Bonchev–Trinajstić information content (AvgIpc) is 1.77. The van der Waals surface area contributed by atoms with E-state index in [4.69, 9.17) is 17.3 Å². The van der Waals surface area contributed by atoms with Crippen molar-refractivity contribution in [3.63, 3.8) is 0 Å². The Balaban J connectivity index is 3.13. The maximum Gasteiger partial charge on any atom is 0.0255 e. The minimum atomic E-state index is 0.383. The van der Waals surface area contributed by atoms with Gasteiger partial charge in [0.1, 0.15) is 0 Å². The normalized spacial score (nSPS) is 9.12. The number of rotatable bonds is 0. The molecule has 8 heavy (non-hydrogen) atoms. The molecule has 0 bridgehead atoms. The van der Waals surface area contributed by atoms with Gasteiger partial charge in [-0.25, -0.2) is 0 Å². The molecule has 0 aliphatic rings. The van der Waals surface area contributed by atoms with Crippen LogP contribution in [0.4, 0.5) is 5.69 Å². The van der Waals surface area contributed by atoms with Gasteiger partial charge >= 0.3 is 0 Å².